The van der Waals surface area contributed by atoms with E-state index in [9.17, 15) is 8.42 Å². The number of nitrogens with two attached hydrogens (primary N) is 1. The summed E-state index contributed by atoms with van der Waals surface area (Å²) in [6.07, 6.45) is 0.810. The summed E-state index contributed by atoms with van der Waals surface area (Å²) >= 11 is 1.51. The van der Waals surface area contributed by atoms with E-state index >= 15 is 0 Å². The number of thioether (sulfide) groups is 1. The number of sulfonamides is 1. The van der Waals surface area contributed by atoms with Crippen molar-refractivity contribution in [3.05, 3.63) is 24.3 Å². The summed E-state index contributed by atoms with van der Waals surface area (Å²) in [5.41, 5.74) is 6.39. The van der Waals surface area contributed by atoms with Crippen LogP contribution < -0.4 is 5.73 Å². The molecule has 112 valence electrons. The standard InChI is InChI=1S/C13H20N2O3S2/c1-18-12-5-6-15(10-12)20(16,17)8-7-19-13-4-2-3-11(14)9-13/h2-4,9,12H,5-8,10,14H2,1H3. The highest BCUT2D eigenvalue weighted by molar-refractivity contribution is 8.00. The first-order chi connectivity index (χ1) is 9.51. The van der Waals surface area contributed by atoms with Gasteiger partial charge in [-0.15, -0.1) is 11.8 Å². The van der Waals surface area contributed by atoms with Crippen molar-refractivity contribution in [2.45, 2.75) is 17.4 Å². The van der Waals surface area contributed by atoms with Gasteiger partial charge < -0.3 is 10.5 Å². The van der Waals surface area contributed by atoms with Crippen molar-refractivity contribution in [2.24, 2.45) is 0 Å². The van der Waals surface area contributed by atoms with E-state index in [0.29, 0.717) is 24.5 Å². The minimum absolute atomic E-state index is 0.0337. The Morgan fingerprint density at radius 3 is 2.95 bits per heavy atom. The molecule has 2 rings (SSSR count). The highest BCUT2D eigenvalue weighted by atomic mass is 32.2. The van der Waals surface area contributed by atoms with Gasteiger partial charge in [-0.25, -0.2) is 8.42 Å². The second-order valence-corrected chi connectivity index (χ2v) is 8.00. The summed E-state index contributed by atoms with van der Waals surface area (Å²) in [5.74, 6) is 0.669. The molecule has 1 unspecified atom stereocenters. The number of nitrogens with zero attached hydrogens (tertiary/aromatic N) is 1. The molecule has 20 heavy (non-hydrogen) atoms. The van der Waals surface area contributed by atoms with Crippen molar-refractivity contribution < 1.29 is 13.2 Å². The van der Waals surface area contributed by atoms with Crippen LogP contribution in [0.2, 0.25) is 0 Å². The van der Waals surface area contributed by atoms with E-state index in [0.717, 1.165) is 11.3 Å². The van der Waals surface area contributed by atoms with Gasteiger partial charge in [0.25, 0.3) is 0 Å². The van der Waals surface area contributed by atoms with E-state index in [1.807, 2.05) is 24.3 Å². The predicted molar refractivity (Wildman–Crippen MR) is 82.4 cm³/mol. The first-order valence-electron chi connectivity index (χ1n) is 6.50. The summed E-state index contributed by atoms with van der Waals surface area (Å²) in [6.45, 7) is 1.03. The van der Waals surface area contributed by atoms with Gasteiger partial charge in [-0.2, -0.15) is 4.31 Å². The molecule has 1 aromatic rings. The van der Waals surface area contributed by atoms with Crippen LogP contribution >= 0.6 is 11.8 Å². The van der Waals surface area contributed by atoms with Crippen LogP contribution in [0, 0.1) is 0 Å². The smallest absolute Gasteiger partial charge is 0.215 e. The summed E-state index contributed by atoms with van der Waals surface area (Å²) in [5, 5.41) is 0. The second-order valence-electron chi connectivity index (χ2n) is 4.74. The summed E-state index contributed by atoms with van der Waals surface area (Å²) in [6, 6.07) is 7.48. The zero-order chi connectivity index (χ0) is 14.6. The van der Waals surface area contributed by atoms with Crippen molar-refractivity contribution in [1.29, 1.82) is 0 Å². The SMILES string of the molecule is COC1CCN(S(=O)(=O)CCSc2cccc(N)c2)C1. The molecule has 0 saturated carbocycles. The van der Waals surface area contributed by atoms with Crippen LogP contribution in [-0.4, -0.2) is 50.5 Å². The fourth-order valence-corrected chi connectivity index (χ4v) is 4.98. The highest BCUT2D eigenvalue weighted by Crippen LogP contribution is 2.22. The maximum Gasteiger partial charge on any atom is 0.215 e. The molecule has 0 bridgehead atoms. The third-order valence-electron chi connectivity index (χ3n) is 3.30. The Balaban J connectivity index is 1.84. The highest BCUT2D eigenvalue weighted by Gasteiger charge is 2.30. The van der Waals surface area contributed by atoms with E-state index in [2.05, 4.69) is 0 Å². The lowest BCUT2D eigenvalue weighted by atomic mass is 10.3. The van der Waals surface area contributed by atoms with E-state index in [1.54, 1.807) is 7.11 Å². The Morgan fingerprint density at radius 1 is 1.50 bits per heavy atom. The molecule has 1 fully saturated rings. The minimum atomic E-state index is -3.18. The minimum Gasteiger partial charge on any atom is -0.399 e. The molecule has 0 spiro atoms. The Morgan fingerprint density at radius 2 is 2.30 bits per heavy atom. The average Bonchev–Trinajstić information content (AvgIpc) is 2.88. The van der Waals surface area contributed by atoms with Crippen molar-refractivity contribution in [2.75, 3.05) is 37.4 Å². The van der Waals surface area contributed by atoms with Gasteiger partial charge in [0.15, 0.2) is 0 Å². The van der Waals surface area contributed by atoms with E-state index < -0.39 is 10.0 Å². The Bertz CT molecular complexity index is 548. The maximum absolute atomic E-state index is 12.2. The molecule has 1 aliphatic heterocycles. The summed E-state index contributed by atoms with van der Waals surface area (Å²) in [4.78, 5) is 0.997. The first-order valence-corrected chi connectivity index (χ1v) is 9.10. The molecule has 7 heteroatoms. The van der Waals surface area contributed by atoms with Crippen LogP contribution in [0.1, 0.15) is 6.42 Å². The molecule has 5 nitrogen and oxygen atoms in total. The zero-order valence-electron chi connectivity index (χ0n) is 11.5. The number of anilines is 1. The van der Waals surface area contributed by atoms with E-state index in [4.69, 9.17) is 10.5 Å². The Labute approximate surface area is 124 Å². The molecule has 2 N–H and O–H groups in total. The van der Waals surface area contributed by atoms with Gasteiger partial charge in [-0.3, -0.25) is 0 Å². The number of methoxy groups -OCH3 is 1. The van der Waals surface area contributed by atoms with Crippen LogP contribution in [0.5, 0.6) is 0 Å². The second kappa shape index (κ2) is 6.80. The van der Waals surface area contributed by atoms with Gasteiger partial charge >= 0.3 is 0 Å². The van der Waals surface area contributed by atoms with E-state index in [-0.39, 0.29) is 11.9 Å². The molecule has 1 heterocycles. The third-order valence-corrected chi connectivity index (χ3v) is 6.39. The maximum atomic E-state index is 12.2. The van der Waals surface area contributed by atoms with Crippen molar-refractivity contribution >= 4 is 27.5 Å². The third kappa shape index (κ3) is 4.12. The van der Waals surface area contributed by atoms with Gasteiger partial charge in [0, 0.05) is 36.5 Å². The Hall–Kier alpha value is -0.760. The number of benzene rings is 1. The number of rotatable bonds is 6. The molecular formula is C13H20N2O3S2. The molecule has 1 aliphatic rings. The van der Waals surface area contributed by atoms with Gasteiger partial charge in [-0.1, -0.05) is 6.07 Å². The van der Waals surface area contributed by atoms with Crippen molar-refractivity contribution in [3.8, 4) is 0 Å². The number of nitrogen functional groups attached to an aromatic ring is 1. The van der Waals surface area contributed by atoms with Crippen LogP contribution in [0.25, 0.3) is 0 Å². The quantitative estimate of drug-likeness (QED) is 0.634. The molecule has 0 aliphatic carbocycles. The molecule has 1 saturated heterocycles. The summed E-state index contributed by atoms with van der Waals surface area (Å²) < 4.78 is 31.1. The number of hydrogen-bond donors (Lipinski definition) is 1. The molecular weight excluding hydrogens is 296 g/mol. The molecule has 1 aromatic carbocycles. The normalized spacial score (nSPS) is 20.4. The molecule has 0 amide bonds. The van der Waals surface area contributed by atoms with Gasteiger partial charge in [0.2, 0.25) is 10.0 Å². The topological polar surface area (TPSA) is 72.6 Å². The number of hydrogen-bond acceptors (Lipinski definition) is 5. The van der Waals surface area contributed by atoms with Gasteiger partial charge in [0.05, 0.1) is 11.9 Å². The Kier molecular flexibility index (Phi) is 5.31. The lowest BCUT2D eigenvalue weighted by Crippen LogP contribution is -2.32. The average molecular weight is 316 g/mol. The van der Waals surface area contributed by atoms with Crippen LogP contribution in [0.4, 0.5) is 5.69 Å². The van der Waals surface area contributed by atoms with Crippen LogP contribution in [-0.2, 0) is 14.8 Å². The van der Waals surface area contributed by atoms with Gasteiger partial charge in [0.1, 0.15) is 0 Å². The fraction of sp³-hybridized carbons (Fsp3) is 0.538. The van der Waals surface area contributed by atoms with E-state index in [1.165, 1.54) is 16.1 Å². The number of ether oxygens (including phenoxy) is 1. The lowest BCUT2D eigenvalue weighted by Gasteiger charge is -2.16. The molecule has 0 aromatic heterocycles. The van der Waals surface area contributed by atoms with Crippen LogP contribution in [0.15, 0.2) is 29.2 Å². The van der Waals surface area contributed by atoms with Crippen molar-refractivity contribution in [3.63, 3.8) is 0 Å². The zero-order valence-corrected chi connectivity index (χ0v) is 13.1. The predicted octanol–water partition coefficient (Wildman–Crippen LogP) is 1.41. The fourth-order valence-electron chi connectivity index (χ4n) is 2.14. The monoisotopic (exact) mass is 316 g/mol. The van der Waals surface area contributed by atoms with Gasteiger partial charge in [-0.05, 0) is 24.6 Å². The van der Waals surface area contributed by atoms with Crippen molar-refractivity contribution in [1.82, 2.24) is 4.31 Å². The lowest BCUT2D eigenvalue weighted by molar-refractivity contribution is 0.115. The summed E-state index contributed by atoms with van der Waals surface area (Å²) in [7, 11) is -1.56. The molecule has 0 radical (unpaired) electrons. The first kappa shape index (κ1) is 15.6. The van der Waals surface area contributed by atoms with Crippen LogP contribution in [0.3, 0.4) is 0 Å². The molecule has 1 atom stereocenters. The largest absolute Gasteiger partial charge is 0.399 e.